The van der Waals surface area contributed by atoms with Gasteiger partial charge in [0.15, 0.2) is 6.10 Å². The highest BCUT2D eigenvalue weighted by Crippen LogP contribution is 2.26. The Kier molecular flexibility index (Phi) is 5.70. The zero-order valence-corrected chi connectivity index (χ0v) is 14.0. The van der Waals surface area contributed by atoms with Crippen LogP contribution in [0.4, 0.5) is 0 Å². The second-order valence-electron chi connectivity index (χ2n) is 6.39. The van der Waals surface area contributed by atoms with E-state index in [1.54, 1.807) is 0 Å². The van der Waals surface area contributed by atoms with E-state index in [2.05, 4.69) is 10.6 Å². The second-order valence-corrected chi connectivity index (χ2v) is 6.39. The highest BCUT2D eigenvalue weighted by atomic mass is 35.5. The fourth-order valence-corrected chi connectivity index (χ4v) is 3.44. The average molecular weight is 325 g/mol. The number of nitrogens with one attached hydrogen (secondary N) is 2. The molecule has 2 saturated heterocycles. The van der Waals surface area contributed by atoms with Crippen LogP contribution >= 0.6 is 12.4 Å². The van der Waals surface area contributed by atoms with E-state index in [0.29, 0.717) is 18.1 Å². The number of aryl methyl sites for hydroxylation is 1. The third-order valence-corrected chi connectivity index (χ3v) is 4.49. The van der Waals surface area contributed by atoms with Crippen molar-refractivity contribution in [3.63, 3.8) is 0 Å². The van der Waals surface area contributed by atoms with Gasteiger partial charge in [-0.2, -0.15) is 0 Å². The van der Waals surface area contributed by atoms with Gasteiger partial charge < -0.3 is 15.4 Å². The predicted molar refractivity (Wildman–Crippen MR) is 89.6 cm³/mol. The molecule has 3 rings (SSSR count). The summed E-state index contributed by atoms with van der Waals surface area (Å²) in [6.07, 6.45) is 4.11. The lowest BCUT2D eigenvalue weighted by Gasteiger charge is -2.30. The minimum atomic E-state index is -0.459. The van der Waals surface area contributed by atoms with Crippen molar-refractivity contribution in [1.82, 2.24) is 10.6 Å². The molecule has 2 N–H and O–H groups in total. The summed E-state index contributed by atoms with van der Waals surface area (Å²) in [5.74, 6) is 0.742. The zero-order valence-electron chi connectivity index (χ0n) is 13.2. The van der Waals surface area contributed by atoms with E-state index in [-0.39, 0.29) is 18.3 Å². The van der Waals surface area contributed by atoms with Gasteiger partial charge in [0, 0.05) is 18.1 Å². The number of carbonyl (C=O) groups is 1. The number of hydrogen-bond acceptors (Lipinski definition) is 3. The first-order valence-corrected chi connectivity index (χ1v) is 7.90. The molecule has 2 aliphatic heterocycles. The predicted octanol–water partition coefficient (Wildman–Crippen LogP) is 2.58. The van der Waals surface area contributed by atoms with Gasteiger partial charge in [-0.25, -0.2) is 0 Å². The van der Waals surface area contributed by atoms with Gasteiger partial charge in [-0.15, -0.1) is 12.4 Å². The standard InChI is InChI=1S/C17H24N2O2.ClH/c1-11-4-3-5-16(8-11)21-12(2)17(20)19-15-9-13-6-7-14(10-15)18-13;/h3-5,8,12-15,18H,6-7,9-10H2,1-2H3,(H,19,20);1H. The molecule has 3 unspecified atom stereocenters. The van der Waals surface area contributed by atoms with Crippen LogP contribution in [0.2, 0.25) is 0 Å². The van der Waals surface area contributed by atoms with E-state index in [9.17, 15) is 4.79 Å². The third-order valence-electron chi connectivity index (χ3n) is 4.49. The van der Waals surface area contributed by atoms with Gasteiger partial charge in [-0.05, 0) is 57.2 Å². The van der Waals surface area contributed by atoms with Crippen LogP contribution in [0.5, 0.6) is 5.75 Å². The smallest absolute Gasteiger partial charge is 0.260 e. The Bertz CT molecular complexity index is 511. The lowest BCUT2D eigenvalue weighted by Crippen LogP contribution is -2.50. The average Bonchev–Trinajstić information content (AvgIpc) is 2.78. The summed E-state index contributed by atoms with van der Waals surface area (Å²) in [7, 11) is 0. The molecule has 2 aliphatic rings. The van der Waals surface area contributed by atoms with Crippen molar-refractivity contribution in [2.24, 2.45) is 0 Å². The van der Waals surface area contributed by atoms with E-state index in [4.69, 9.17) is 4.74 Å². The highest BCUT2D eigenvalue weighted by molar-refractivity contribution is 5.85. The first-order valence-electron chi connectivity index (χ1n) is 7.90. The summed E-state index contributed by atoms with van der Waals surface area (Å²) in [5.41, 5.74) is 1.13. The molecule has 122 valence electrons. The number of amides is 1. The van der Waals surface area contributed by atoms with Crippen molar-refractivity contribution >= 4 is 18.3 Å². The van der Waals surface area contributed by atoms with Crippen LogP contribution < -0.4 is 15.4 Å². The lowest BCUT2D eigenvalue weighted by atomic mass is 9.99. The highest BCUT2D eigenvalue weighted by Gasteiger charge is 2.34. The Morgan fingerprint density at radius 1 is 1.32 bits per heavy atom. The van der Waals surface area contributed by atoms with Crippen LogP contribution in [0.1, 0.15) is 38.2 Å². The molecule has 3 atom stereocenters. The van der Waals surface area contributed by atoms with Crippen molar-refractivity contribution in [3.8, 4) is 5.75 Å². The second kappa shape index (κ2) is 7.34. The van der Waals surface area contributed by atoms with E-state index < -0.39 is 6.10 Å². The van der Waals surface area contributed by atoms with Gasteiger partial charge in [-0.1, -0.05) is 12.1 Å². The maximum absolute atomic E-state index is 12.3. The molecule has 2 fully saturated rings. The summed E-state index contributed by atoms with van der Waals surface area (Å²) >= 11 is 0. The van der Waals surface area contributed by atoms with E-state index in [1.807, 2.05) is 38.1 Å². The molecule has 0 aliphatic carbocycles. The molecule has 1 amide bonds. The van der Waals surface area contributed by atoms with Crippen molar-refractivity contribution in [2.75, 3.05) is 0 Å². The van der Waals surface area contributed by atoms with Gasteiger partial charge in [0.2, 0.25) is 0 Å². The van der Waals surface area contributed by atoms with Gasteiger partial charge in [0.25, 0.3) is 5.91 Å². The molecule has 1 aromatic carbocycles. The largest absolute Gasteiger partial charge is 0.481 e. The van der Waals surface area contributed by atoms with Crippen LogP contribution in [0.25, 0.3) is 0 Å². The molecular formula is C17H25ClN2O2. The number of ether oxygens (including phenoxy) is 1. The molecule has 2 bridgehead atoms. The van der Waals surface area contributed by atoms with Crippen molar-refractivity contribution in [2.45, 2.75) is 63.8 Å². The summed E-state index contributed by atoms with van der Waals surface area (Å²) in [6, 6.07) is 9.27. The van der Waals surface area contributed by atoms with Gasteiger partial charge in [0.05, 0.1) is 0 Å². The first kappa shape index (κ1) is 17.1. The normalized spacial score (nSPS) is 27.6. The number of piperidine rings is 1. The number of halogens is 1. The summed E-state index contributed by atoms with van der Waals surface area (Å²) in [5, 5.41) is 6.74. The Labute approximate surface area is 138 Å². The molecule has 4 nitrogen and oxygen atoms in total. The van der Waals surface area contributed by atoms with Crippen molar-refractivity contribution in [1.29, 1.82) is 0 Å². The van der Waals surface area contributed by atoms with Crippen molar-refractivity contribution in [3.05, 3.63) is 29.8 Å². The summed E-state index contributed by atoms with van der Waals surface area (Å²) < 4.78 is 5.74. The van der Waals surface area contributed by atoms with Gasteiger partial charge >= 0.3 is 0 Å². The Balaban J connectivity index is 0.00000176. The van der Waals surface area contributed by atoms with E-state index in [1.165, 1.54) is 12.8 Å². The molecule has 0 radical (unpaired) electrons. The summed E-state index contributed by atoms with van der Waals surface area (Å²) in [6.45, 7) is 3.83. The number of fused-ring (bicyclic) bond motifs is 2. The molecular weight excluding hydrogens is 300 g/mol. The molecule has 22 heavy (non-hydrogen) atoms. The quantitative estimate of drug-likeness (QED) is 0.895. The molecule has 0 spiro atoms. The molecule has 5 heteroatoms. The lowest BCUT2D eigenvalue weighted by molar-refractivity contribution is -0.128. The minimum Gasteiger partial charge on any atom is -0.481 e. The van der Waals surface area contributed by atoms with Crippen LogP contribution in [0, 0.1) is 6.92 Å². The monoisotopic (exact) mass is 324 g/mol. The van der Waals surface area contributed by atoms with Crippen LogP contribution in [0.15, 0.2) is 24.3 Å². The Hall–Kier alpha value is -1.26. The van der Waals surface area contributed by atoms with Gasteiger partial charge in [-0.3, -0.25) is 4.79 Å². The van der Waals surface area contributed by atoms with Crippen LogP contribution in [-0.2, 0) is 4.79 Å². The topological polar surface area (TPSA) is 50.4 Å². The molecule has 1 aromatic rings. The van der Waals surface area contributed by atoms with Crippen LogP contribution in [0.3, 0.4) is 0 Å². The number of carbonyl (C=O) groups excluding carboxylic acids is 1. The Morgan fingerprint density at radius 3 is 2.64 bits per heavy atom. The fraction of sp³-hybridized carbons (Fsp3) is 0.588. The molecule has 2 heterocycles. The minimum absolute atomic E-state index is 0. The molecule has 0 aromatic heterocycles. The first-order chi connectivity index (χ1) is 10.1. The van der Waals surface area contributed by atoms with Crippen molar-refractivity contribution < 1.29 is 9.53 Å². The maximum Gasteiger partial charge on any atom is 0.260 e. The summed E-state index contributed by atoms with van der Waals surface area (Å²) in [4.78, 5) is 12.3. The number of rotatable bonds is 4. The maximum atomic E-state index is 12.3. The van der Waals surface area contributed by atoms with Gasteiger partial charge in [0.1, 0.15) is 5.75 Å². The fourth-order valence-electron chi connectivity index (χ4n) is 3.44. The molecule has 0 saturated carbocycles. The number of hydrogen-bond donors (Lipinski definition) is 2. The van der Waals surface area contributed by atoms with E-state index in [0.717, 1.165) is 24.2 Å². The number of benzene rings is 1. The SMILES string of the molecule is Cc1cccc(OC(C)C(=O)NC2CC3CCC(C2)N3)c1.Cl. The van der Waals surface area contributed by atoms with E-state index >= 15 is 0 Å². The third kappa shape index (κ3) is 4.14. The zero-order chi connectivity index (χ0) is 14.8. The Morgan fingerprint density at radius 2 is 2.00 bits per heavy atom. The van der Waals surface area contributed by atoms with Crippen LogP contribution in [-0.4, -0.2) is 30.1 Å².